The molecule has 3 heterocycles. The Bertz CT molecular complexity index is 804. The van der Waals surface area contributed by atoms with Crippen molar-refractivity contribution in [3.8, 4) is 0 Å². The molecule has 0 saturated heterocycles. The van der Waals surface area contributed by atoms with E-state index in [2.05, 4.69) is 15.3 Å². The molecule has 2 aromatic heterocycles. The molecule has 0 N–H and O–H groups in total. The summed E-state index contributed by atoms with van der Waals surface area (Å²) in [4.78, 5) is 14.1. The Hall–Kier alpha value is -2.39. The van der Waals surface area contributed by atoms with E-state index in [1.807, 2.05) is 0 Å². The standard InChI is InChI=1S/C14H15F3N6O/c1-21-10(8-2-3-8)6-9(20-21)12(24)22-4-5-23-11(7-22)18-19-13(23)14(15,16)17/h6,8H,2-5,7H2,1H3. The first-order valence-corrected chi connectivity index (χ1v) is 7.67. The lowest BCUT2D eigenvalue weighted by molar-refractivity contribution is -0.147. The van der Waals surface area contributed by atoms with Gasteiger partial charge in [0.15, 0.2) is 11.5 Å². The molecular weight excluding hydrogens is 325 g/mol. The lowest BCUT2D eigenvalue weighted by atomic mass is 10.2. The van der Waals surface area contributed by atoms with Crippen molar-refractivity contribution in [2.24, 2.45) is 7.05 Å². The molecule has 1 aliphatic carbocycles. The maximum Gasteiger partial charge on any atom is 0.451 e. The number of rotatable bonds is 2. The molecule has 128 valence electrons. The summed E-state index contributed by atoms with van der Waals surface area (Å²) in [5.74, 6) is -0.707. The zero-order valence-electron chi connectivity index (χ0n) is 12.9. The Labute approximate surface area is 135 Å². The first kappa shape index (κ1) is 15.2. The summed E-state index contributed by atoms with van der Waals surface area (Å²) in [5.41, 5.74) is 1.35. The molecule has 0 atom stereocenters. The number of aromatic nitrogens is 5. The fourth-order valence-electron chi connectivity index (χ4n) is 3.05. The Morgan fingerprint density at radius 2 is 2.00 bits per heavy atom. The van der Waals surface area contributed by atoms with E-state index in [9.17, 15) is 18.0 Å². The van der Waals surface area contributed by atoms with Gasteiger partial charge in [-0.1, -0.05) is 0 Å². The van der Waals surface area contributed by atoms with Crippen molar-refractivity contribution in [2.45, 2.75) is 38.0 Å². The molecule has 10 heteroatoms. The second-order valence-corrected chi connectivity index (χ2v) is 6.17. The lowest BCUT2D eigenvalue weighted by Gasteiger charge is -2.27. The first-order valence-electron chi connectivity index (χ1n) is 7.67. The van der Waals surface area contributed by atoms with Gasteiger partial charge in [0, 0.05) is 31.7 Å². The zero-order valence-corrected chi connectivity index (χ0v) is 12.9. The average Bonchev–Trinajstić information content (AvgIpc) is 3.14. The average molecular weight is 340 g/mol. The van der Waals surface area contributed by atoms with Crippen molar-refractivity contribution in [1.29, 1.82) is 0 Å². The van der Waals surface area contributed by atoms with Gasteiger partial charge in [-0.25, -0.2) is 0 Å². The van der Waals surface area contributed by atoms with E-state index in [-0.39, 0.29) is 31.4 Å². The van der Waals surface area contributed by atoms with E-state index >= 15 is 0 Å². The number of hydrogen-bond donors (Lipinski definition) is 0. The SMILES string of the molecule is Cn1nc(C(=O)N2CCn3c(nnc3C(F)(F)F)C2)cc1C1CC1. The molecule has 0 spiro atoms. The van der Waals surface area contributed by atoms with Crippen LogP contribution in [-0.2, 0) is 26.3 Å². The van der Waals surface area contributed by atoms with E-state index in [4.69, 9.17) is 0 Å². The first-order chi connectivity index (χ1) is 11.3. The fourth-order valence-corrected chi connectivity index (χ4v) is 3.05. The lowest BCUT2D eigenvalue weighted by Crippen LogP contribution is -2.39. The number of fused-ring (bicyclic) bond motifs is 1. The van der Waals surface area contributed by atoms with Crippen LogP contribution in [0.4, 0.5) is 13.2 Å². The number of carbonyl (C=O) groups excluding carboxylic acids is 1. The summed E-state index contributed by atoms with van der Waals surface area (Å²) in [7, 11) is 1.80. The van der Waals surface area contributed by atoms with Crippen molar-refractivity contribution in [2.75, 3.05) is 6.54 Å². The quantitative estimate of drug-likeness (QED) is 0.832. The van der Waals surface area contributed by atoms with Crippen molar-refractivity contribution < 1.29 is 18.0 Å². The predicted molar refractivity (Wildman–Crippen MR) is 74.9 cm³/mol. The maximum atomic E-state index is 12.8. The molecule has 0 bridgehead atoms. The third-order valence-corrected chi connectivity index (χ3v) is 4.42. The third kappa shape index (κ3) is 2.45. The number of amides is 1. The van der Waals surface area contributed by atoms with Crippen LogP contribution in [0.15, 0.2) is 6.07 Å². The molecule has 0 unspecified atom stereocenters. The van der Waals surface area contributed by atoms with Crippen LogP contribution in [0.2, 0.25) is 0 Å². The Morgan fingerprint density at radius 1 is 1.25 bits per heavy atom. The molecule has 7 nitrogen and oxygen atoms in total. The summed E-state index contributed by atoms with van der Waals surface area (Å²) < 4.78 is 41.3. The third-order valence-electron chi connectivity index (χ3n) is 4.42. The highest BCUT2D eigenvalue weighted by Crippen LogP contribution is 2.40. The second kappa shape index (κ2) is 5.05. The maximum absolute atomic E-state index is 12.8. The van der Waals surface area contributed by atoms with Crippen molar-refractivity contribution in [1.82, 2.24) is 29.4 Å². The van der Waals surface area contributed by atoms with Gasteiger partial charge in [-0.3, -0.25) is 9.48 Å². The predicted octanol–water partition coefficient (Wildman–Crippen LogP) is 1.56. The molecule has 24 heavy (non-hydrogen) atoms. The van der Waals surface area contributed by atoms with Crippen LogP contribution in [-0.4, -0.2) is 41.9 Å². The van der Waals surface area contributed by atoms with Gasteiger partial charge in [0.2, 0.25) is 5.82 Å². The normalized spacial score (nSPS) is 17.9. The summed E-state index contributed by atoms with van der Waals surface area (Å²) in [6, 6.07) is 1.78. The van der Waals surface area contributed by atoms with Crippen LogP contribution < -0.4 is 0 Å². The number of halogens is 3. The molecule has 2 aliphatic rings. The van der Waals surface area contributed by atoms with E-state index in [0.717, 1.165) is 23.1 Å². The van der Waals surface area contributed by atoms with Crippen LogP contribution >= 0.6 is 0 Å². The minimum absolute atomic E-state index is 0.00273. The highest BCUT2D eigenvalue weighted by atomic mass is 19.4. The van der Waals surface area contributed by atoms with Crippen molar-refractivity contribution in [3.63, 3.8) is 0 Å². The number of alkyl halides is 3. The van der Waals surface area contributed by atoms with Crippen LogP contribution in [0.3, 0.4) is 0 Å². The van der Waals surface area contributed by atoms with Crippen molar-refractivity contribution in [3.05, 3.63) is 29.1 Å². The molecule has 1 aliphatic heterocycles. The van der Waals surface area contributed by atoms with E-state index in [1.54, 1.807) is 17.8 Å². The Balaban J connectivity index is 1.55. The molecule has 2 aromatic rings. The monoisotopic (exact) mass is 340 g/mol. The van der Waals surface area contributed by atoms with Crippen LogP contribution in [0.1, 0.15) is 46.6 Å². The fraction of sp³-hybridized carbons (Fsp3) is 0.571. The van der Waals surface area contributed by atoms with E-state index in [1.165, 1.54) is 4.90 Å². The van der Waals surface area contributed by atoms with Crippen LogP contribution in [0.25, 0.3) is 0 Å². The number of nitrogens with zero attached hydrogens (tertiary/aromatic N) is 6. The number of carbonyl (C=O) groups is 1. The van der Waals surface area contributed by atoms with Gasteiger partial charge in [-0.15, -0.1) is 10.2 Å². The smallest absolute Gasteiger partial charge is 0.328 e. The second-order valence-electron chi connectivity index (χ2n) is 6.17. The minimum Gasteiger partial charge on any atom is -0.328 e. The summed E-state index contributed by atoms with van der Waals surface area (Å²) in [6.45, 7) is 0.185. The van der Waals surface area contributed by atoms with E-state index < -0.39 is 12.0 Å². The van der Waals surface area contributed by atoms with Gasteiger partial charge in [-0.05, 0) is 18.9 Å². The van der Waals surface area contributed by atoms with Gasteiger partial charge in [-0.2, -0.15) is 18.3 Å². The number of hydrogen-bond acceptors (Lipinski definition) is 4. The van der Waals surface area contributed by atoms with E-state index in [0.29, 0.717) is 11.6 Å². The largest absolute Gasteiger partial charge is 0.451 e. The minimum atomic E-state index is -4.54. The molecule has 4 rings (SSSR count). The molecule has 1 amide bonds. The highest BCUT2D eigenvalue weighted by molar-refractivity contribution is 5.92. The van der Waals surface area contributed by atoms with Gasteiger partial charge < -0.3 is 9.47 Å². The topological polar surface area (TPSA) is 68.8 Å². The van der Waals surface area contributed by atoms with Gasteiger partial charge >= 0.3 is 6.18 Å². The van der Waals surface area contributed by atoms with Crippen molar-refractivity contribution >= 4 is 5.91 Å². The number of aryl methyl sites for hydroxylation is 1. The molecule has 1 saturated carbocycles. The van der Waals surface area contributed by atoms with Gasteiger partial charge in [0.05, 0.1) is 6.54 Å². The molecule has 0 aromatic carbocycles. The Kier molecular flexibility index (Phi) is 3.19. The highest BCUT2D eigenvalue weighted by Gasteiger charge is 2.40. The summed E-state index contributed by atoms with van der Waals surface area (Å²) >= 11 is 0. The van der Waals surface area contributed by atoms with Gasteiger partial charge in [0.1, 0.15) is 0 Å². The molecule has 0 radical (unpaired) electrons. The molecule has 1 fully saturated rings. The Morgan fingerprint density at radius 3 is 2.67 bits per heavy atom. The van der Waals surface area contributed by atoms with Crippen LogP contribution in [0.5, 0.6) is 0 Å². The summed E-state index contributed by atoms with van der Waals surface area (Å²) in [5, 5.41) is 11.0. The van der Waals surface area contributed by atoms with Crippen LogP contribution in [0, 0.1) is 0 Å². The van der Waals surface area contributed by atoms with Gasteiger partial charge in [0.25, 0.3) is 5.91 Å². The zero-order chi connectivity index (χ0) is 17.1. The molecular formula is C14H15F3N6O. The summed E-state index contributed by atoms with van der Waals surface area (Å²) in [6.07, 6.45) is -2.35.